The van der Waals surface area contributed by atoms with E-state index in [9.17, 15) is 9.18 Å². The summed E-state index contributed by atoms with van der Waals surface area (Å²) in [5, 5.41) is 13.7. The highest BCUT2D eigenvalue weighted by molar-refractivity contribution is 7.08. The molecule has 0 saturated heterocycles. The molecule has 2 heterocycles. The number of carbonyl (C=O) groups excluding carboxylic acids is 1. The summed E-state index contributed by atoms with van der Waals surface area (Å²) in [6.45, 7) is 1.68. The SMILES string of the molecule is Cc1nnsc1C(=O)Nc1nnc(-c2ccc(F)cc2)o1. The van der Waals surface area contributed by atoms with Gasteiger partial charge >= 0.3 is 6.01 Å². The zero-order valence-corrected chi connectivity index (χ0v) is 11.5. The summed E-state index contributed by atoms with van der Waals surface area (Å²) in [4.78, 5) is 12.3. The van der Waals surface area contributed by atoms with Crippen molar-refractivity contribution in [2.75, 3.05) is 5.32 Å². The van der Waals surface area contributed by atoms with Crippen LogP contribution in [0, 0.1) is 12.7 Å². The number of nitrogens with zero attached hydrogens (tertiary/aromatic N) is 4. The lowest BCUT2D eigenvalue weighted by Gasteiger charge is -1.97. The minimum atomic E-state index is -0.420. The topological polar surface area (TPSA) is 93.8 Å². The lowest BCUT2D eigenvalue weighted by atomic mass is 10.2. The number of carbonyl (C=O) groups is 1. The second kappa shape index (κ2) is 5.37. The van der Waals surface area contributed by atoms with Crippen molar-refractivity contribution in [1.82, 2.24) is 19.8 Å². The average Bonchev–Trinajstić information content (AvgIpc) is 3.09. The van der Waals surface area contributed by atoms with E-state index in [2.05, 4.69) is 25.1 Å². The van der Waals surface area contributed by atoms with Crippen LogP contribution in [0.1, 0.15) is 15.4 Å². The maximum Gasteiger partial charge on any atom is 0.322 e. The molecule has 7 nitrogen and oxygen atoms in total. The highest BCUT2D eigenvalue weighted by atomic mass is 32.1. The number of hydrogen-bond donors (Lipinski definition) is 1. The molecule has 0 saturated carbocycles. The number of halogens is 1. The fourth-order valence-corrected chi connectivity index (χ4v) is 2.13. The first-order valence-corrected chi connectivity index (χ1v) is 6.60. The second-order valence-electron chi connectivity index (χ2n) is 4.06. The van der Waals surface area contributed by atoms with E-state index in [0.717, 1.165) is 11.5 Å². The van der Waals surface area contributed by atoms with Gasteiger partial charge in [-0.2, -0.15) is 0 Å². The summed E-state index contributed by atoms with van der Waals surface area (Å²) in [5.41, 5.74) is 1.08. The molecule has 0 atom stereocenters. The minimum Gasteiger partial charge on any atom is -0.403 e. The van der Waals surface area contributed by atoms with E-state index >= 15 is 0 Å². The molecule has 0 unspecified atom stereocenters. The van der Waals surface area contributed by atoms with Crippen molar-refractivity contribution in [3.63, 3.8) is 0 Å². The van der Waals surface area contributed by atoms with Crippen molar-refractivity contribution >= 4 is 23.5 Å². The fraction of sp³-hybridized carbons (Fsp3) is 0.0833. The Labute approximate surface area is 122 Å². The van der Waals surface area contributed by atoms with Crippen LogP contribution in [0.15, 0.2) is 28.7 Å². The molecule has 1 aromatic carbocycles. The number of benzene rings is 1. The molecular weight excluding hydrogens is 297 g/mol. The molecule has 2 aromatic heterocycles. The van der Waals surface area contributed by atoms with Crippen LogP contribution in [-0.2, 0) is 0 Å². The standard InChI is InChI=1S/C12H8FN5O2S/c1-6-9(21-18-15-6)10(19)14-12-17-16-11(20-12)7-2-4-8(13)5-3-7/h2-5H,1H3,(H,14,17,19). The highest BCUT2D eigenvalue weighted by Gasteiger charge is 2.16. The van der Waals surface area contributed by atoms with Crippen molar-refractivity contribution in [3.8, 4) is 11.5 Å². The van der Waals surface area contributed by atoms with Gasteiger partial charge in [0.05, 0.1) is 5.69 Å². The Morgan fingerprint density at radius 1 is 1.24 bits per heavy atom. The van der Waals surface area contributed by atoms with E-state index in [4.69, 9.17) is 4.42 Å². The van der Waals surface area contributed by atoms with Gasteiger partial charge in [0.2, 0.25) is 5.89 Å². The lowest BCUT2D eigenvalue weighted by molar-refractivity contribution is 0.102. The molecule has 3 aromatic rings. The molecule has 1 amide bonds. The van der Waals surface area contributed by atoms with Gasteiger partial charge in [-0.1, -0.05) is 9.59 Å². The first kappa shape index (κ1) is 13.3. The van der Waals surface area contributed by atoms with Crippen molar-refractivity contribution < 1.29 is 13.6 Å². The molecule has 3 rings (SSSR count). The van der Waals surface area contributed by atoms with Crippen LogP contribution >= 0.6 is 11.5 Å². The van der Waals surface area contributed by atoms with Gasteiger partial charge in [-0.3, -0.25) is 10.1 Å². The highest BCUT2D eigenvalue weighted by Crippen LogP contribution is 2.20. The molecule has 0 aliphatic carbocycles. The van der Waals surface area contributed by atoms with Crippen molar-refractivity contribution in [3.05, 3.63) is 40.7 Å². The number of amides is 1. The van der Waals surface area contributed by atoms with E-state index in [0.29, 0.717) is 16.1 Å². The van der Waals surface area contributed by atoms with Gasteiger partial charge in [-0.25, -0.2) is 4.39 Å². The largest absolute Gasteiger partial charge is 0.403 e. The van der Waals surface area contributed by atoms with Gasteiger partial charge in [0.1, 0.15) is 10.7 Å². The number of aromatic nitrogens is 4. The fourth-order valence-electron chi connectivity index (χ4n) is 1.58. The summed E-state index contributed by atoms with van der Waals surface area (Å²) < 4.78 is 21.8. The smallest absolute Gasteiger partial charge is 0.322 e. The lowest BCUT2D eigenvalue weighted by Crippen LogP contribution is -2.11. The first-order valence-electron chi connectivity index (χ1n) is 5.83. The van der Waals surface area contributed by atoms with Gasteiger partial charge in [-0.15, -0.1) is 10.2 Å². The number of nitrogens with one attached hydrogen (secondary N) is 1. The predicted octanol–water partition coefficient (Wildman–Crippen LogP) is 2.29. The maximum absolute atomic E-state index is 12.8. The summed E-state index contributed by atoms with van der Waals surface area (Å²) in [6, 6.07) is 5.53. The van der Waals surface area contributed by atoms with Crippen molar-refractivity contribution in [1.29, 1.82) is 0 Å². The summed E-state index contributed by atoms with van der Waals surface area (Å²) >= 11 is 0.977. The molecular formula is C12H8FN5O2S. The minimum absolute atomic E-state index is 0.0490. The molecule has 1 N–H and O–H groups in total. The van der Waals surface area contributed by atoms with Gasteiger partial charge in [0.15, 0.2) is 0 Å². The summed E-state index contributed by atoms with van der Waals surface area (Å²) in [6.07, 6.45) is 0. The quantitative estimate of drug-likeness (QED) is 0.798. The molecule has 0 spiro atoms. The zero-order valence-electron chi connectivity index (χ0n) is 10.7. The van der Waals surface area contributed by atoms with Crippen LogP contribution < -0.4 is 5.32 Å². The van der Waals surface area contributed by atoms with Crippen LogP contribution in [-0.4, -0.2) is 25.7 Å². The van der Waals surface area contributed by atoms with Gasteiger partial charge in [0.25, 0.3) is 5.91 Å². The average molecular weight is 305 g/mol. The third-order valence-corrected chi connectivity index (χ3v) is 3.42. The van der Waals surface area contributed by atoms with Crippen LogP contribution in [0.5, 0.6) is 0 Å². The van der Waals surface area contributed by atoms with Gasteiger partial charge < -0.3 is 4.42 Å². The van der Waals surface area contributed by atoms with E-state index < -0.39 is 5.91 Å². The molecule has 0 radical (unpaired) electrons. The second-order valence-corrected chi connectivity index (χ2v) is 4.81. The first-order chi connectivity index (χ1) is 10.1. The third-order valence-electron chi connectivity index (χ3n) is 2.59. The van der Waals surface area contributed by atoms with Crippen LogP contribution in [0.3, 0.4) is 0 Å². The summed E-state index contributed by atoms with van der Waals surface area (Å²) in [7, 11) is 0. The normalized spacial score (nSPS) is 10.6. The molecule has 0 aliphatic heterocycles. The Balaban J connectivity index is 1.78. The number of anilines is 1. The van der Waals surface area contributed by atoms with Crippen molar-refractivity contribution in [2.45, 2.75) is 6.92 Å². The Morgan fingerprint density at radius 3 is 2.67 bits per heavy atom. The molecule has 0 fully saturated rings. The van der Waals surface area contributed by atoms with E-state index in [1.54, 1.807) is 6.92 Å². The molecule has 0 aliphatic rings. The summed E-state index contributed by atoms with van der Waals surface area (Å²) in [5.74, 6) is -0.596. The third kappa shape index (κ3) is 2.77. The molecule has 21 heavy (non-hydrogen) atoms. The molecule has 9 heteroatoms. The zero-order chi connectivity index (χ0) is 14.8. The Morgan fingerprint density at radius 2 is 2.00 bits per heavy atom. The van der Waals surface area contributed by atoms with E-state index in [-0.39, 0.29) is 17.7 Å². The van der Waals surface area contributed by atoms with Crippen LogP contribution in [0.2, 0.25) is 0 Å². The Kier molecular flexibility index (Phi) is 3.40. The van der Waals surface area contributed by atoms with Crippen LogP contribution in [0.4, 0.5) is 10.4 Å². The molecule has 0 bridgehead atoms. The number of rotatable bonds is 3. The number of hydrogen-bond acceptors (Lipinski definition) is 7. The number of aryl methyl sites for hydroxylation is 1. The maximum atomic E-state index is 12.8. The van der Waals surface area contributed by atoms with Crippen molar-refractivity contribution in [2.24, 2.45) is 0 Å². The van der Waals surface area contributed by atoms with E-state index in [1.165, 1.54) is 24.3 Å². The van der Waals surface area contributed by atoms with Gasteiger partial charge in [0, 0.05) is 5.56 Å². The Hall–Kier alpha value is -2.68. The van der Waals surface area contributed by atoms with Gasteiger partial charge in [-0.05, 0) is 42.7 Å². The predicted molar refractivity (Wildman–Crippen MR) is 72.3 cm³/mol. The Bertz CT molecular complexity index is 783. The van der Waals surface area contributed by atoms with Crippen LogP contribution in [0.25, 0.3) is 11.5 Å². The van der Waals surface area contributed by atoms with E-state index in [1.807, 2.05) is 0 Å². The molecule has 106 valence electrons. The monoisotopic (exact) mass is 305 g/mol.